The van der Waals surface area contributed by atoms with E-state index in [1.54, 1.807) is 11.6 Å². The summed E-state index contributed by atoms with van der Waals surface area (Å²) in [5, 5.41) is 3.40. The number of nitrogens with one attached hydrogen (secondary N) is 1. The number of nitrogen functional groups attached to an aromatic ring is 1. The van der Waals surface area contributed by atoms with E-state index >= 15 is 0 Å². The van der Waals surface area contributed by atoms with Crippen LogP contribution in [-0.4, -0.2) is 23.3 Å². The average molecular weight is 329 g/mol. The quantitative estimate of drug-likeness (QED) is 0.799. The van der Waals surface area contributed by atoms with Crippen LogP contribution in [0.1, 0.15) is 26.3 Å². The van der Waals surface area contributed by atoms with E-state index in [9.17, 15) is 4.79 Å². The Morgan fingerprint density at radius 1 is 1.21 bits per heavy atom. The fourth-order valence-corrected chi connectivity index (χ4v) is 2.54. The molecule has 1 atom stereocenters. The van der Waals surface area contributed by atoms with Gasteiger partial charge in [0.25, 0.3) is 5.56 Å². The minimum absolute atomic E-state index is 0.0204. The molecule has 0 saturated carbocycles. The molecule has 0 radical (unpaired) electrons. The summed E-state index contributed by atoms with van der Waals surface area (Å²) in [7, 11) is 1.76. The van der Waals surface area contributed by atoms with E-state index in [4.69, 9.17) is 10.5 Å². The predicted octanol–water partition coefficient (Wildman–Crippen LogP) is 3.17. The number of anilines is 2. The highest BCUT2D eigenvalue weighted by Crippen LogP contribution is 2.27. The monoisotopic (exact) mass is 329 g/mol. The van der Waals surface area contributed by atoms with Crippen LogP contribution in [-0.2, 0) is 11.8 Å². The van der Waals surface area contributed by atoms with Crippen molar-refractivity contribution in [3.8, 4) is 11.1 Å². The van der Waals surface area contributed by atoms with E-state index in [-0.39, 0.29) is 17.7 Å². The van der Waals surface area contributed by atoms with Crippen molar-refractivity contribution >= 4 is 11.4 Å². The summed E-state index contributed by atoms with van der Waals surface area (Å²) >= 11 is 0. The topological polar surface area (TPSA) is 69.3 Å². The zero-order valence-corrected chi connectivity index (χ0v) is 15.1. The van der Waals surface area contributed by atoms with Crippen LogP contribution in [0.25, 0.3) is 11.1 Å². The second-order valence-corrected chi connectivity index (χ2v) is 6.56. The predicted molar refractivity (Wildman–Crippen MR) is 100 cm³/mol. The lowest BCUT2D eigenvalue weighted by Gasteiger charge is -2.19. The highest BCUT2D eigenvalue weighted by molar-refractivity contribution is 5.76. The lowest BCUT2D eigenvalue weighted by atomic mass is 10.0. The highest BCUT2D eigenvalue weighted by atomic mass is 16.5. The molecule has 24 heavy (non-hydrogen) atoms. The molecule has 0 bridgehead atoms. The third-order valence-electron chi connectivity index (χ3n) is 3.83. The van der Waals surface area contributed by atoms with Crippen molar-refractivity contribution in [2.45, 2.75) is 39.8 Å². The number of nitrogens with two attached hydrogens (primary N) is 1. The molecule has 1 heterocycles. The standard InChI is InChI=1S/C19H27N3O2/c1-12(2)24-11-14(4)21-18-9-15(6-7-17(18)20)16-8-13(3)19(23)22(5)10-16/h6-10,12,14,21H,11,20H2,1-5H3. The second kappa shape index (κ2) is 7.53. The molecule has 0 spiro atoms. The van der Waals surface area contributed by atoms with Crippen molar-refractivity contribution < 1.29 is 4.74 Å². The molecule has 3 N–H and O–H groups in total. The number of aryl methyl sites for hydroxylation is 2. The van der Waals surface area contributed by atoms with Crippen molar-refractivity contribution in [3.05, 3.63) is 46.4 Å². The minimum atomic E-state index is 0.0204. The smallest absolute Gasteiger partial charge is 0.253 e. The molecule has 1 aromatic heterocycles. The van der Waals surface area contributed by atoms with Crippen molar-refractivity contribution in [2.24, 2.45) is 7.05 Å². The summed E-state index contributed by atoms with van der Waals surface area (Å²) in [6.07, 6.45) is 2.04. The Bertz CT molecular complexity index is 739. The van der Waals surface area contributed by atoms with Gasteiger partial charge in [-0.1, -0.05) is 6.07 Å². The lowest BCUT2D eigenvalue weighted by Crippen LogP contribution is -2.24. The molecule has 5 heteroatoms. The Morgan fingerprint density at radius 2 is 1.92 bits per heavy atom. The third kappa shape index (κ3) is 4.38. The maximum atomic E-state index is 11.9. The number of aromatic nitrogens is 1. The molecule has 0 saturated heterocycles. The van der Waals surface area contributed by atoms with Gasteiger partial charge in [-0.2, -0.15) is 0 Å². The molecule has 0 fully saturated rings. The normalized spacial score (nSPS) is 12.4. The summed E-state index contributed by atoms with van der Waals surface area (Å²) in [5.74, 6) is 0. The number of benzene rings is 1. The van der Waals surface area contributed by atoms with Gasteiger partial charge >= 0.3 is 0 Å². The van der Waals surface area contributed by atoms with Gasteiger partial charge in [-0.25, -0.2) is 0 Å². The first-order valence-corrected chi connectivity index (χ1v) is 8.23. The van der Waals surface area contributed by atoms with Crippen molar-refractivity contribution in [1.29, 1.82) is 0 Å². The zero-order chi connectivity index (χ0) is 17.9. The van der Waals surface area contributed by atoms with E-state index in [0.29, 0.717) is 12.3 Å². The Hall–Kier alpha value is -2.27. The largest absolute Gasteiger partial charge is 0.397 e. The van der Waals surface area contributed by atoms with Crippen LogP contribution in [0.15, 0.2) is 35.3 Å². The molecule has 0 aliphatic carbocycles. The minimum Gasteiger partial charge on any atom is -0.397 e. The molecular formula is C19H27N3O2. The summed E-state index contributed by atoms with van der Waals surface area (Å²) in [4.78, 5) is 11.9. The van der Waals surface area contributed by atoms with Gasteiger partial charge in [0, 0.05) is 24.8 Å². The van der Waals surface area contributed by atoms with Gasteiger partial charge in [-0.3, -0.25) is 4.79 Å². The van der Waals surface area contributed by atoms with Gasteiger partial charge in [0.1, 0.15) is 0 Å². The third-order valence-corrected chi connectivity index (χ3v) is 3.83. The van der Waals surface area contributed by atoms with Gasteiger partial charge in [-0.15, -0.1) is 0 Å². The van der Waals surface area contributed by atoms with E-state index in [1.165, 1.54) is 0 Å². The van der Waals surface area contributed by atoms with E-state index in [1.807, 2.05) is 51.2 Å². The average Bonchev–Trinajstić information content (AvgIpc) is 2.52. The van der Waals surface area contributed by atoms with Crippen LogP contribution in [0.3, 0.4) is 0 Å². The first-order valence-electron chi connectivity index (χ1n) is 8.23. The zero-order valence-electron chi connectivity index (χ0n) is 15.1. The Morgan fingerprint density at radius 3 is 2.54 bits per heavy atom. The number of rotatable bonds is 6. The summed E-state index contributed by atoms with van der Waals surface area (Å²) in [5.41, 5.74) is 10.4. The van der Waals surface area contributed by atoms with Crippen molar-refractivity contribution in [3.63, 3.8) is 0 Å². The number of hydrogen-bond donors (Lipinski definition) is 2. The first kappa shape index (κ1) is 18.1. The molecule has 0 amide bonds. The Kier molecular flexibility index (Phi) is 5.67. The van der Waals surface area contributed by atoms with Gasteiger partial charge in [0.05, 0.1) is 24.1 Å². The molecule has 1 aromatic carbocycles. The SMILES string of the molecule is Cc1cc(-c2ccc(N)c(NC(C)COC(C)C)c2)cn(C)c1=O. The van der Waals surface area contributed by atoms with Crippen LogP contribution in [0.5, 0.6) is 0 Å². The van der Waals surface area contributed by atoms with Crippen LogP contribution in [0.4, 0.5) is 11.4 Å². The number of hydrogen-bond acceptors (Lipinski definition) is 4. The van der Waals surface area contributed by atoms with Gasteiger partial charge in [0.2, 0.25) is 0 Å². The van der Waals surface area contributed by atoms with Crippen molar-refractivity contribution in [2.75, 3.05) is 17.7 Å². The van der Waals surface area contributed by atoms with Gasteiger partial charge < -0.3 is 20.4 Å². The van der Waals surface area contributed by atoms with Crippen LogP contribution >= 0.6 is 0 Å². The summed E-state index contributed by atoms with van der Waals surface area (Å²) in [6.45, 7) is 8.53. The molecule has 0 aliphatic rings. The molecule has 2 aromatic rings. The molecule has 0 aliphatic heterocycles. The van der Waals surface area contributed by atoms with E-state index < -0.39 is 0 Å². The molecule has 130 valence electrons. The highest BCUT2D eigenvalue weighted by Gasteiger charge is 2.09. The molecule has 2 rings (SSSR count). The molecular weight excluding hydrogens is 302 g/mol. The second-order valence-electron chi connectivity index (χ2n) is 6.56. The van der Waals surface area contributed by atoms with Gasteiger partial charge in [0.15, 0.2) is 0 Å². The van der Waals surface area contributed by atoms with Crippen LogP contribution < -0.4 is 16.6 Å². The molecule has 1 unspecified atom stereocenters. The fourth-order valence-electron chi connectivity index (χ4n) is 2.54. The van der Waals surface area contributed by atoms with Crippen LogP contribution in [0.2, 0.25) is 0 Å². The number of nitrogens with zero attached hydrogens (tertiary/aromatic N) is 1. The van der Waals surface area contributed by atoms with Crippen molar-refractivity contribution in [1.82, 2.24) is 4.57 Å². The first-order chi connectivity index (χ1) is 11.3. The van der Waals surface area contributed by atoms with E-state index in [2.05, 4.69) is 12.2 Å². The summed E-state index contributed by atoms with van der Waals surface area (Å²) in [6, 6.07) is 7.92. The summed E-state index contributed by atoms with van der Waals surface area (Å²) < 4.78 is 7.24. The maximum Gasteiger partial charge on any atom is 0.253 e. The fraction of sp³-hybridized carbons (Fsp3) is 0.421. The molecule has 5 nitrogen and oxygen atoms in total. The Labute approximate surface area is 143 Å². The van der Waals surface area contributed by atoms with Gasteiger partial charge in [-0.05, 0) is 57.0 Å². The lowest BCUT2D eigenvalue weighted by molar-refractivity contribution is 0.0743. The number of pyridine rings is 1. The van der Waals surface area contributed by atoms with Crippen LogP contribution in [0, 0.1) is 6.92 Å². The van der Waals surface area contributed by atoms with E-state index in [0.717, 1.165) is 22.4 Å². The number of ether oxygens (including phenoxy) is 1. The maximum absolute atomic E-state index is 11.9. The Balaban J connectivity index is 2.27.